The van der Waals surface area contributed by atoms with Gasteiger partial charge in [-0.3, -0.25) is 0 Å². The van der Waals surface area contributed by atoms with E-state index in [2.05, 4.69) is 26.7 Å². The molecule has 2 unspecified atom stereocenters. The molecule has 0 amide bonds. The van der Waals surface area contributed by atoms with Crippen LogP contribution in [0, 0.1) is 18.8 Å². The van der Waals surface area contributed by atoms with Crippen molar-refractivity contribution in [1.82, 2.24) is 19.2 Å². The molecule has 4 rings (SSSR count). The molecule has 0 aromatic carbocycles. The third-order valence-corrected chi connectivity index (χ3v) is 7.55. The van der Waals surface area contributed by atoms with E-state index in [1.807, 2.05) is 6.20 Å². The first-order chi connectivity index (χ1) is 11.5. The number of fused-ring (bicyclic) bond motifs is 1. The topological polar surface area (TPSA) is 69.6 Å². The summed E-state index contributed by atoms with van der Waals surface area (Å²) in [4.78, 5) is 13.3. The van der Waals surface area contributed by atoms with E-state index >= 15 is 0 Å². The predicted octanol–water partition coefficient (Wildman–Crippen LogP) is 0.189. The van der Waals surface area contributed by atoms with Crippen molar-refractivity contribution in [3.63, 3.8) is 0 Å². The van der Waals surface area contributed by atoms with Crippen molar-refractivity contribution in [3.8, 4) is 0 Å². The fourth-order valence-electron chi connectivity index (χ4n) is 4.36. The minimum absolute atomic E-state index is 0.325. The minimum atomic E-state index is -2.96. The molecule has 0 spiro atoms. The van der Waals surface area contributed by atoms with Gasteiger partial charge in [-0.2, -0.15) is 0 Å². The number of aromatic nitrogens is 2. The van der Waals surface area contributed by atoms with Gasteiger partial charge in [0.1, 0.15) is 12.1 Å². The van der Waals surface area contributed by atoms with E-state index in [1.165, 1.54) is 0 Å². The lowest BCUT2D eigenvalue weighted by Gasteiger charge is -2.24. The zero-order chi connectivity index (χ0) is 16.7. The van der Waals surface area contributed by atoms with E-state index in [1.54, 1.807) is 10.6 Å². The van der Waals surface area contributed by atoms with Crippen molar-refractivity contribution in [2.75, 3.05) is 56.5 Å². The van der Waals surface area contributed by atoms with Gasteiger partial charge in [0.25, 0.3) is 0 Å². The Labute approximate surface area is 143 Å². The second kappa shape index (κ2) is 6.24. The van der Waals surface area contributed by atoms with Gasteiger partial charge in [0.15, 0.2) is 0 Å². The number of rotatable bonds is 4. The Bertz CT molecular complexity index is 696. The maximum Gasteiger partial charge on any atom is 0.214 e. The average Bonchev–Trinajstić information content (AvgIpc) is 3.18. The second-order valence-electron chi connectivity index (χ2n) is 7.28. The zero-order valence-electron chi connectivity index (χ0n) is 14.1. The number of sulfonamides is 1. The quantitative estimate of drug-likeness (QED) is 0.771. The monoisotopic (exact) mass is 351 g/mol. The number of anilines is 1. The number of aryl methyl sites for hydroxylation is 1. The summed E-state index contributed by atoms with van der Waals surface area (Å²) in [5.41, 5.74) is 1.13. The third-order valence-electron chi connectivity index (χ3n) is 5.60. The van der Waals surface area contributed by atoms with E-state index in [-0.39, 0.29) is 0 Å². The van der Waals surface area contributed by atoms with Gasteiger partial charge in [-0.15, -0.1) is 0 Å². The lowest BCUT2D eigenvalue weighted by Crippen LogP contribution is -2.37. The molecule has 1 aromatic rings. The van der Waals surface area contributed by atoms with Gasteiger partial charge < -0.3 is 9.80 Å². The summed E-state index contributed by atoms with van der Waals surface area (Å²) < 4.78 is 25.4. The van der Waals surface area contributed by atoms with E-state index in [0.29, 0.717) is 30.7 Å². The molecule has 24 heavy (non-hydrogen) atoms. The molecule has 8 heteroatoms. The van der Waals surface area contributed by atoms with E-state index < -0.39 is 10.0 Å². The molecule has 0 N–H and O–H groups in total. The highest BCUT2D eigenvalue weighted by molar-refractivity contribution is 7.89. The SMILES string of the molecule is Cc1cncnc1N1CC2CN(CCN3CCCS3(=O)=O)CC2C1. The molecular formula is C16H25N5O2S. The predicted molar refractivity (Wildman–Crippen MR) is 92.4 cm³/mol. The number of hydrogen-bond donors (Lipinski definition) is 0. The molecule has 3 aliphatic heterocycles. The molecule has 0 aliphatic carbocycles. The van der Waals surface area contributed by atoms with Crippen molar-refractivity contribution >= 4 is 15.8 Å². The van der Waals surface area contributed by atoms with Crippen molar-refractivity contribution in [2.24, 2.45) is 11.8 Å². The Kier molecular flexibility index (Phi) is 4.22. The normalized spacial score (nSPS) is 30.1. The van der Waals surface area contributed by atoms with Crippen LogP contribution in [0.1, 0.15) is 12.0 Å². The zero-order valence-corrected chi connectivity index (χ0v) is 15.0. The van der Waals surface area contributed by atoms with Gasteiger partial charge in [0.05, 0.1) is 5.75 Å². The molecule has 0 bridgehead atoms. The summed E-state index contributed by atoms with van der Waals surface area (Å²) in [6.07, 6.45) is 4.28. The Balaban J connectivity index is 1.31. The van der Waals surface area contributed by atoms with Crippen LogP contribution in [0.3, 0.4) is 0 Å². The molecular weight excluding hydrogens is 326 g/mol. The van der Waals surface area contributed by atoms with Gasteiger partial charge in [-0.1, -0.05) is 0 Å². The number of likely N-dealkylation sites (tertiary alicyclic amines) is 1. The molecule has 3 aliphatic rings. The van der Waals surface area contributed by atoms with Crippen LogP contribution in [-0.4, -0.2) is 79.2 Å². The molecule has 3 fully saturated rings. The maximum absolute atomic E-state index is 11.9. The summed E-state index contributed by atoms with van der Waals surface area (Å²) in [6, 6.07) is 0. The van der Waals surface area contributed by atoms with Crippen LogP contribution >= 0.6 is 0 Å². The molecule has 0 radical (unpaired) electrons. The highest BCUT2D eigenvalue weighted by Gasteiger charge is 2.41. The van der Waals surface area contributed by atoms with Gasteiger partial charge in [0.2, 0.25) is 10.0 Å². The van der Waals surface area contributed by atoms with E-state index in [9.17, 15) is 8.42 Å². The Morgan fingerprint density at radius 2 is 1.92 bits per heavy atom. The van der Waals surface area contributed by atoms with Crippen LogP contribution in [0.15, 0.2) is 12.5 Å². The van der Waals surface area contributed by atoms with Gasteiger partial charge >= 0.3 is 0 Å². The van der Waals surface area contributed by atoms with Crippen molar-refractivity contribution in [1.29, 1.82) is 0 Å². The molecule has 0 saturated carbocycles. The van der Waals surface area contributed by atoms with Crippen LogP contribution in [-0.2, 0) is 10.0 Å². The standard InChI is InChI=1S/C16H25N5O2S/c1-13-7-17-12-18-16(13)20-10-14-8-19(9-15(14)11-20)4-5-21-3-2-6-24(21,22)23/h7,12,14-15H,2-6,8-11H2,1H3. The first kappa shape index (κ1) is 16.2. The van der Waals surface area contributed by atoms with Crippen LogP contribution < -0.4 is 4.90 Å². The van der Waals surface area contributed by atoms with E-state index in [4.69, 9.17) is 0 Å². The van der Waals surface area contributed by atoms with Gasteiger partial charge in [0, 0.05) is 57.6 Å². The fourth-order valence-corrected chi connectivity index (χ4v) is 5.88. The Morgan fingerprint density at radius 1 is 1.17 bits per heavy atom. The summed E-state index contributed by atoms with van der Waals surface area (Å²) in [5, 5.41) is 0. The summed E-state index contributed by atoms with van der Waals surface area (Å²) >= 11 is 0. The Hall–Kier alpha value is -1.25. The van der Waals surface area contributed by atoms with Crippen molar-refractivity contribution in [2.45, 2.75) is 13.3 Å². The largest absolute Gasteiger partial charge is 0.356 e. The smallest absolute Gasteiger partial charge is 0.214 e. The molecule has 1 aromatic heterocycles. The minimum Gasteiger partial charge on any atom is -0.356 e. The van der Waals surface area contributed by atoms with Crippen LogP contribution in [0.5, 0.6) is 0 Å². The van der Waals surface area contributed by atoms with Crippen LogP contribution in [0.25, 0.3) is 0 Å². The summed E-state index contributed by atoms with van der Waals surface area (Å²) in [7, 11) is -2.96. The van der Waals surface area contributed by atoms with E-state index in [0.717, 1.165) is 50.5 Å². The average molecular weight is 351 g/mol. The van der Waals surface area contributed by atoms with Crippen molar-refractivity contribution < 1.29 is 8.42 Å². The first-order valence-electron chi connectivity index (χ1n) is 8.74. The number of nitrogens with zero attached hydrogens (tertiary/aromatic N) is 5. The maximum atomic E-state index is 11.9. The number of hydrogen-bond acceptors (Lipinski definition) is 6. The first-order valence-corrected chi connectivity index (χ1v) is 10.4. The van der Waals surface area contributed by atoms with Crippen LogP contribution in [0.4, 0.5) is 5.82 Å². The molecule has 2 atom stereocenters. The Morgan fingerprint density at radius 3 is 2.54 bits per heavy atom. The second-order valence-corrected chi connectivity index (χ2v) is 9.37. The highest BCUT2D eigenvalue weighted by atomic mass is 32.2. The lowest BCUT2D eigenvalue weighted by molar-refractivity contribution is 0.286. The summed E-state index contributed by atoms with van der Waals surface area (Å²) in [6.45, 7) is 8.49. The van der Waals surface area contributed by atoms with Gasteiger partial charge in [-0.05, 0) is 25.2 Å². The lowest BCUT2D eigenvalue weighted by atomic mass is 10.0. The van der Waals surface area contributed by atoms with Crippen LogP contribution in [0.2, 0.25) is 0 Å². The fraction of sp³-hybridized carbons (Fsp3) is 0.750. The molecule has 3 saturated heterocycles. The molecule has 4 heterocycles. The molecule has 132 valence electrons. The van der Waals surface area contributed by atoms with Crippen molar-refractivity contribution in [3.05, 3.63) is 18.1 Å². The summed E-state index contributed by atoms with van der Waals surface area (Å²) in [5.74, 6) is 2.71. The molecule has 7 nitrogen and oxygen atoms in total. The highest BCUT2D eigenvalue weighted by Crippen LogP contribution is 2.34. The van der Waals surface area contributed by atoms with Gasteiger partial charge in [-0.25, -0.2) is 22.7 Å². The third kappa shape index (κ3) is 3.02.